The smallest absolute Gasteiger partial charge is 0.225 e. The predicted molar refractivity (Wildman–Crippen MR) is 107 cm³/mol. The van der Waals surface area contributed by atoms with Crippen molar-refractivity contribution in [3.63, 3.8) is 0 Å². The third kappa shape index (κ3) is 3.44. The molecule has 2 aliphatic rings. The summed E-state index contributed by atoms with van der Waals surface area (Å²) in [6.45, 7) is 2.11. The zero-order valence-electron chi connectivity index (χ0n) is 15.3. The van der Waals surface area contributed by atoms with Gasteiger partial charge in [-0.15, -0.1) is 0 Å². The Bertz CT molecular complexity index is 930. The van der Waals surface area contributed by atoms with Crippen molar-refractivity contribution in [3.05, 3.63) is 81.5 Å². The van der Waals surface area contributed by atoms with Crippen molar-refractivity contribution in [3.8, 4) is 0 Å². The molecule has 2 atom stereocenters. The van der Waals surface area contributed by atoms with Crippen LogP contribution in [0.4, 0.5) is 0 Å². The number of amides is 1. The topological polar surface area (TPSA) is 46.2 Å². The number of hydrogen-bond acceptors (Lipinski definition) is 2. The van der Waals surface area contributed by atoms with Crippen LogP contribution in [0.15, 0.2) is 59.8 Å². The summed E-state index contributed by atoms with van der Waals surface area (Å²) in [5.74, 6) is -0.0533. The summed E-state index contributed by atoms with van der Waals surface area (Å²) in [6.07, 6.45) is 2.37. The maximum absolute atomic E-state index is 13.1. The Balaban J connectivity index is 1.70. The summed E-state index contributed by atoms with van der Waals surface area (Å²) in [6, 6.07) is 15.9. The molecule has 1 heterocycles. The summed E-state index contributed by atoms with van der Waals surface area (Å²) in [5, 5.41) is 3.64. The summed E-state index contributed by atoms with van der Waals surface area (Å²) in [5.41, 5.74) is 4.82. The van der Waals surface area contributed by atoms with Gasteiger partial charge in [-0.25, -0.2) is 0 Å². The van der Waals surface area contributed by atoms with Crippen LogP contribution in [0.1, 0.15) is 54.7 Å². The van der Waals surface area contributed by atoms with E-state index in [0.717, 1.165) is 28.8 Å². The van der Waals surface area contributed by atoms with Crippen LogP contribution in [-0.2, 0) is 16.0 Å². The number of aryl methyl sites for hydroxylation is 1. The van der Waals surface area contributed by atoms with E-state index in [9.17, 15) is 9.59 Å². The third-order valence-corrected chi connectivity index (χ3v) is 6.02. The number of carbonyl (C=O) groups excluding carboxylic acids is 2. The standard InChI is InChI=1S/C23H22ClNO2/c1-2-14-7-9-15(10-8-14)18-13-22(27)25-20-11-16(12-21(26)23(18)20)17-5-3-4-6-19(17)24/h3-10,16,18H,2,11-13H2,1H3,(H,25,27)/t16-,18+/m0/s1. The highest BCUT2D eigenvalue weighted by Crippen LogP contribution is 2.43. The Hall–Kier alpha value is -2.39. The van der Waals surface area contributed by atoms with Gasteiger partial charge in [-0.3, -0.25) is 9.59 Å². The third-order valence-electron chi connectivity index (χ3n) is 5.67. The first-order chi connectivity index (χ1) is 13.1. The molecule has 27 heavy (non-hydrogen) atoms. The van der Waals surface area contributed by atoms with Gasteiger partial charge in [0.1, 0.15) is 0 Å². The Kier molecular flexibility index (Phi) is 4.88. The average molecular weight is 380 g/mol. The zero-order chi connectivity index (χ0) is 19.0. The first-order valence-electron chi connectivity index (χ1n) is 9.46. The van der Waals surface area contributed by atoms with Crippen molar-refractivity contribution in [2.45, 2.75) is 44.4 Å². The van der Waals surface area contributed by atoms with E-state index in [1.165, 1.54) is 5.56 Å². The highest BCUT2D eigenvalue weighted by molar-refractivity contribution is 6.31. The van der Waals surface area contributed by atoms with Gasteiger partial charge in [-0.2, -0.15) is 0 Å². The lowest BCUT2D eigenvalue weighted by molar-refractivity contribution is -0.122. The summed E-state index contributed by atoms with van der Waals surface area (Å²) in [4.78, 5) is 25.4. The molecule has 4 heteroatoms. The number of halogens is 1. The van der Waals surface area contributed by atoms with Gasteiger partial charge >= 0.3 is 0 Å². The summed E-state index contributed by atoms with van der Waals surface area (Å²) >= 11 is 6.35. The minimum atomic E-state index is -0.153. The van der Waals surface area contributed by atoms with Crippen LogP contribution < -0.4 is 5.32 Å². The molecule has 1 amide bonds. The fraction of sp³-hybridized carbons (Fsp3) is 0.304. The molecule has 0 saturated carbocycles. The van der Waals surface area contributed by atoms with Crippen molar-refractivity contribution in [2.24, 2.45) is 0 Å². The van der Waals surface area contributed by atoms with Crippen LogP contribution in [-0.4, -0.2) is 11.7 Å². The van der Waals surface area contributed by atoms with E-state index in [-0.39, 0.29) is 23.5 Å². The van der Waals surface area contributed by atoms with E-state index in [2.05, 4.69) is 36.5 Å². The molecule has 3 nitrogen and oxygen atoms in total. The molecule has 0 fully saturated rings. The second-order valence-corrected chi connectivity index (χ2v) is 7.75. The van der Waals surface area contributed by atoms with Gasteiger partial charge in [-0.1, -0.05) is 61.0 Å². The van der Waals surface area contributed by atoms with E-state index in [1.54, 1.807) is 0 Å². The monoisotopic (exact) mass is 379 g/mol. The fourth-order valence-corrected chi connectivity index (χ4v) is 4.55. The maximum Gasteiger partial charge on any atom is 0.225 e. The number of Topliss-reactive ketones (excluding diaryl/α,β-unsaturated/α-hetero) is 1. The Morgan fingerprint density at radius 2 is 1.74 bits per heavy atom. The largest absolute Gasteiger partial charge is 0.329 e. The predicted octanol–water partition coefficient (Wildman–Crippen LogP) is 4.91. The van der Waals surface area contributed by atoms with E-state index >= 15 is 0 Å². The highest BCUT2D eigenvalue weighted by Gasteiger charge is 2.38. The molecule has 2 aromatic rings. The van der Waals surface area contributed by atoms with Crippen LogP contribution in [0.2, 0.25) is 5.02 Å². The highest BCUT2D eigenvalue weighted by atomic mass is 35.5. The zero-order valence-corrected chi connectivity index (χ0v) is 16.1. The van der Waals surface area contributed by atoms with Crippen LogP contribution >= 0.6 is 11.6 Å². The fourth-order valence-electron chi connectivity index (χ4n) is 4.26. The molecule has 0 spiro atoms. The summed E-state index contributed by atoms with van der Waals surface area (Å²) in [7, 11) is 0. The molecule has 2 aromatic carbocycles. The quantitative estimate of drug-likeness (QED) is 0.823. The van der Waals surface area contributed by atoms with Crippen molar-refractivity contribution >= 4 is 23.3 Å². The van der Waals surface area contributed by atoms with Crippen LogP contribution in [0.3, 0.4) is 0 Å². The van der Waals surface area contributed by atoms with Gasteiger partial charge in [0, 0.05) is 35.1 Å². The molecule has 1 N–H and O–H groups in total. The molecule has 0 saturated heterocycles. The van der Waals surface area contributed by atoms with Crippen LogP contribution in [0.5, 0.6) is 0 Å². The minimum Gasteiger partial charge on any atom is -0.329 e. The van der Waals surface area contributed by atoms with Crippen molar-refractivity contribution in [2.75, 3.05) is 0 Å². The van der Waals surface area contributed by atoms with Crippen LogP contribution in [0, 0.1) is 0 Å². The van der Waals surface area contributed by atoms with Gasteiger partial charge in [0.25, 0.3) is 0 Å². The van der Waals surface area contributed by atoms with Gasteiger partial charge < -0.3 is 5.32 Å². The molecule has 0 aromatic heterocycles. The molecule has 138 valence electrons. The molecular weight excluding hydrogens is 358 g/mol. The molecule has 0 radical (unpaired) electrons. The number of rotatable bonds is 3. The number of benzene rings is 2. The van der Waals surface area contributed by atoms with E-state index in [1.807, 2.05) is 24.3 Å². The van der Waals surface area contributed by atoms with Gasteiger partial charge in [0.15, 0.2) is 5.78 Å². The summed E-state index contributed by atoms with van der Waals surface area (Å²) < 4.78 is 0. The van der Waals surface area contributed by atoms with Crippen molar-refractivity contribution in [1.82, 2.24) is 5.32 Å². The molecular formula is C23H22ClNO2. The van der Waals surface area contributed by atoms with Crippen molar-refractivity contribution < 1.29 is 9.59 Å². The Labute approximate surface area is 164 Å². The van der Waals surface area contributed by atoms with Crippen LogP contribution in [0.25, 0.3) is 0 Å². The van der Waals surface area contributed by atoms with E-state index in [0.29, 0.717) is 24.3 Å². The number of allylic oxidation sites excluding steroid dienone is 2. The minimum absolute atomic E-state index is 0.00599. The Morgan fingerprint density at radius 1 is 1.00 bits per heavy atom. The lowest BCUT2D eigenvalue weighted by atomic mass is 9.73. The van der Waals surface area contributed by atoms with Gasteiger partial charge in [0.2, 0.25) is 5.91 Å². The van der Waals surface area contributed by atoms with Gasteiger partial charge in [0.05, 0.1) is 0 Å². The lowest BCUT2D eigenvalue weighted by Crippen LogP contribution is -2.38. The second-order valence-electron chi connectivity index (χ2n) is 7.34. The number of carbonyl (C=O) groups is 2. The second kappa shape index (κ2) is 7.32. The number of nitrogens with one attached hydrogen (secondary N) is 1. The molecule has 0 unspecified atom stereocenters. The molecule has 0 bridgehead atoms. The molecule has 4 rings (SSSR count). The number of ketones is 1. The number of hydrogen-bond donors (Lipinski definition) is 1. The normalized spacial score (nSPS) is 22.4. The Morgan fingerprint density at radius 3 is 2.44 bits per heavy atom. The van der Waals surface area contributed by atoms with Gasteiger partial charge in [-0.05, 0) is 41.5 Å². The molecule has 1 aliphatic carbocycles. The van der Waals surface area contributed by atoms with E-state index < -0.39 is 0 Å². The SMILES string of the molecule is CCc1ccc([C@H]2CC(=O)NC3=C2C(=O)C[C@@H](c2ccccc2Cl)C3)cc1. The van der Waals surface area contributed by atoms with E-state index in [4.69, 9.17) is 11.6 Å². The first kappa shape index (κ1) is 18.0. The average Bonchev–Trinajstić information content (AvgIpc) is 2.67. The first-order valence-corrected chi connectivity index (χ1v) is 9.84. The van der Waals surface area contributed by atoms with Crippen molar-refractivity contribution in [1.29, 1.82) is 0 Å². The lowest BCUT2D eigenvalue weighted by Gasteiger charge is -2.34. The molecule has 1 aliphatic heterocycles. The maximum atomic E-state index is 13.1.